The van der Waals surface area contributed by atoms with Crippen molar-refractivity contribution in [3.63, 3.8) is 0 Å². The largest absolute Gasteiger partial charge is 0.383 e. The van der Waals surface area contributed by atoms with E-state index < -0.39 is 0 Å². The molecule has 0 amide bonds. The van der Waals surface area contributed by atoms with Gasteiger partial charge in [0.05, 0.1) is 6.61 Å². The van der Waals surface area contributed by atoms with E-state index in [2.05, 4.69) is 39.1 Å². The molecule has 0 saturated carbocycles. The highest BCUT2D eigenvalue weighted by Crippen LogP contribution is 2.13. The van der Waals surface area contributed by atoms with Crippen LogP contribution in [-0.4, -0.2) is 24.3 Å². The van der Waals surface area contributed by atoms with E-state index in [9.17, 15) is 4.79 Å². The number of aromatic nitrogens is 1. The lowest BCUT2D eigenvalue weighted by Gasteiger charge is -2.17. The van der Waals surface area contributed by atoms with Crippen LogP contribution in [0.1, 0.15) is 44.9 Å². The molecule has 1 aromatic rings. The third kappa shape index (κ3) is 4.48. The van der Waals surface area contributed by atoms with Crippen LogP contribution in [0.5, 0.6) is 0 Å². The summed E-state index contributed by atoms with van der Waals surface area (Å²) in [6.07, 6.45) is 0. The van der Waals surface area contributed by atoms with Crippen LogP contribution in [0.3, 0.4) is 0 Å². The summed E-state index contributed by atoms with van der Waals surface area (Å²) in [5, 5.41) is 3.29. The van der Waals surface area contributed by atoms with Gasteiger partial charge in [-0.1, -0.05) is 33.8 Å². The Morgan fingerprint density at radius 2 is 1.95 bits per heavy atom. The normalized spacial score (nSPS) is 11.5. The zero-order chi connectivity index (χ0) is 14.4. The van der Waals surface area contributed by atoms with Crippen LogP contribution in [0.2, 0.25) is 0 Å². The van der Waals surface area contributed by atoms with E-state index in [1.807, 2.05) is 10.6 Å². The summed E-state index contributed by atoms with van der Waals surface area (Å²) >= 11 is 0. The predicted octanol–water partition coefficient (Wildman–Crippen LogP) is 2.12. The van der Waals surface area contributed by atoms with Gasteiger partial charge in [0.25, 0.3) is 5.56 Å². The molecule has 0 unspecified atom stereocenters. The van der Waals surface area contributed by atoms with Gasteiger partial charge in [0.2, 0.25) is 0 Å². The summed E-state index contributed by atoms with van der Waals surface area (Å²) in [5.74, 6) is 0.330. The summed E-state index contributed by atoms with van der Waals surface area (Å²) in [7, 11) is 1.66. The van der Waals surface area contributed by atoms with Crippen molar-refractivity contribution in [1.29, 1.82) is 0 Å². The van der Waals surface area contributed by atoms with Crippen LogP contribution < -0.4 is 10.9 Å². The molecule has 0 saturated heterocycles. The minimum atomic E-state index is 0.0939. The predicted molar refractivity (Wildman–Crippen MR) is 78.6 cm³/mol. The summed E-state index contributed by atoms with van der Waals surface area (Å²) in [6, 6.07) is 4.37. The first-order chi connectivity index (χ1) is 8.97. The van der Waals surface area contributed by atoms with E-state index in [0.717, 1.165) is 11.3 Å². The standard InChI is InChI=1S/C15H26N2O2/c1-11(2)14-7-6-13(10-16-12(3)4)15(18)17(14)8-9-19-5/h6-7,11-12,16H,8-10H2,1-5H3. The molecule has 4 heteroatoms. The molecule has 0 atom stereocenters. The fourth-order valence-corrected chi connectivity index (χ4v) is 2.00. The number of hydrogen-bond donors (Lipinski definition) is 1. The van der Waals surface area contributed by atoms with Gasteiger partial charge in [0, 0.05) is 37.5 Å². The third-order valence-corrected chi connectivity index (χ3v) is 3.10. The number of methoxy groups -OCH3 is 1. The average Bonchev–Trinajstić information content (AvgIpc) is 2.35. The molecule has 1 N–H and O–H groups in total. The van der Waals surface area contributed by atoms with Crippen molar-refractivity contribution in [3.05, 3.63) is 33.7 Å². The van der Waals surface area contributed by atoms with Crippen molar-refractivity contribution in [1.82, 2.24) is 9.88 Å². The van der Waals surface area contributed by atoms with Crippen LogP contribution in [0.25, 0.3) is 0 Å². The highest BCUT2D eigenvalue weighted by atomic mass is 16.5. The van der Waals surface area contributed by atoms with E-state index >= 15 is 0 Å². The Hall–Kier alpha value is -1.13. The molecular formula is C15H26N2O2. The van der Waals surface area contributed by atoms with E-state index in [1.54, 1.807) is 7.11 Å². The lowest BCUT2D eigenvalue weighted by molar-refractivity contribution is 0.185. The second kappa shape index (κ2) is 7.46. The Morgan fingerprint density at radius 1 is 1.26 bits per heavy atom. The van der Waals surface area contributed by atoms with Gasteiger partial charge in [0.1, 0.15) is 0 Å². The van der Waals surface area contributed by atoms with Crippen molar-refractivity contribution in [2.24, 2.45) is 0 Å². The number of nitrogens with one attached hydrogen (secondary N) is 1. The van der Waals surface area contributed by atoms with Crippen molar-refractivity contribution >= 4 is 0 Å². The van der Waals surface area contributed by atoms with Gasteiger partial charge in [-0.15, -0.1) is 0 Å². The molecule has 1 rings (SSSR count). The smallest absolute Gasteiger partial charge is 0.255 e. The Labute approximate surface area is 115 Å². The van der Waals surface area contributed by atoms with Crippen LogP contribution in [-0.2, 0) is 17.8 Å². The van der Waals surface area contributed by atoms with Gasteiger partial charge in [-0.3, -0.25) is 4.79 Å². The molecule has 0 aromatic carbocycles. The van der Waals surface area contributed by atoms with Crippen LogP contribution >= 0.6 is 0 Å². The Kier molecular flexibility index (Phi) is 6.25. The minimum absolute atomic E-state index is 0.0939. The van der Waals surface area contributed by atoms with Crippen LogP contribution in [0, 0.1) is 0 Å². The maximum Gasteiger partial charge on any atom is 0.255 e. The first kappa shape index (κ1) is 15.9. The zero-order valence-electron chi connectivity index (χ0n) is 12.7. The van der Waals surface area contributed by atoms with E-state index in [0.29, 0.717) is 31.7 Å². The SMILES string of the molecule is COCCn1c(C(C)C)ccc(CNC(C)C)c1=O. The minimum Gasteiger partial charge on any atom is -0.383 e. The highest BCUT2D eigenvalue weighted by molar-refractivity contribution is 5.18. The van der Waals surface area contributed by atoms with Crippen molar-refractivity contribution in [2.45, 2.75) is 52.7 Å². The monoisotopic (exact) mass is 266 g/mol. The molecule has 0 radical (unpaired) electrons. The van der Waals surface area contributed by atoms with E-state index in [1.165, 1.54) is 0 Å². The summed E-state index contributed by atoms with van der Waals surface area (Å²) in [4.78, 5) is 12.5. The van der Waals surface area contributed by atoms with Gasteiger partial charge < -0.3 is 14.6 Å². The molecule has 108 valence electrons. The third-order valence-electron chi connectivity index (χ3n) is 3.10. The topological polar surface area (TPSA) is 43.3 Å². The first-order valence-electron chi connectivity index (χ1n) is 6.92. The van der Waals surface area contributed by atoms with Gasteiger partial charge in [-0.25, -0.2) is 0 Å². The molecule has 1 aromatic heterocycles. The number of ether oxygens (including phenoxy) is 1. The van der Waals surface area contributed by atoms with Crippen molar-refractivity contribution in [2.75, 3.05) is 13.7 Å². The molecule has 0 aliphatic heterocycles. The van der Waals surface area contributed by atoms with E-state index in [-0.39, 0.29) is 5.56 Å². The maximum atomic E-state index is 12.5. The first-order valence-corrected chi connectivity index (χ1v) is 6.92. The molecule has 0 aliphatic rings. The summed E-state index contributed by atoms with van der Waals surface area (Å²) < 4.78 is 6.94. The highest BCUT2D eigenvalue weighted by Gasteiger charge is 2.11. The average molecular weight is 266 g/mol. The number of rotatable bonds is 7. The van der Waals surface area contributed by atoms with Crippen molar-refractivity contribution in [3.8, 4) is 0 Å². The molecule has 4 nitrogen and oxygen atoms in total. The number of pyridine rings is 1. The molecule has 0 fully saturated rings. The van der Waals surface area contributed by atoms with Gasteiger partial charge >= 0.3 is 0 Å². The summed E-state index contributed by atoms with van der Waals surface area (Å²) in [5.41, 5.74) is 1.97. The van der Waals surface area contributed by atoms with E-state index in [4.69, 9.17) is 4.74 Å². The lowest BCUT2D eigenvalue weighted by Crippen LogP contribution is -2.32. The lowest BCUT2D eigenvalue weighted by atomic mass is 10.1. The quantitative estimate of drug-likeness (QED) is 0.822. The Bertz CT molecular complexity index is 450. The number of hydrogen-bond acceptors (Lipinski definition) is 3. The molecule has 1 heterocycles. The summed E-state index contributed by atoms with van der Waals surface area (Å²) in [6.45, 7) is 10.1. The Morgan fingerprint density at radius 3 is 2.47 bits per heavy atom. The molecule has 0 spiro atoms. The van der Waals surface area contributed by atoms with Crippen LogP contribution in [0.15, 0.2) is 16.9 Å². The fourth-order valence-electron chi connectivity index (χ4n) is 2.00. The fraction of sp³-hybridized carbons (Fsp3) is 0.667. The van der Waals surface area contributed by atoms with Gasteiger partial charge in [-0.05, 0) is 12.0 Å². The number of nitrogens with zero attached hydrogens (tertiary/aromatic N) is 1. The molecular weight excluding hydrogens is 240 g/mol. The second-order valence-corrected chi connectivity index (χ2v) is 5.42. The zero-order valence-corrected chi connectivity index (χ0v) is 12.7. The maximum absolute atomic E-state index is 12.5. The van der Waals surface area contributed by atoms with Crippen molar-refractivity contribution < 1.29 is 4.74 Å². The molecule has 0 bridgehead atoms. The molecule has 0 aliphatic carbocycles. The van der Waals surface area contributed by atoms with Crippen LogP contribution in [0.4, 0.5) is 0 Å². The second-order valence-electron chi connectivity index (χ2n) is 5.42. The van der Waals surface area contributed by atoms with Gasteiger partial charge in [0.15, 0.2) is 0 Å². The molecule has 19 heavy (non-hydrogen) atoms. The Balaban J connectivity index is 3.06. The van der Waals surface area contributed by atoms with Gasteiger partial charge in [-0.2, -0.15) is 0 Å².